The standard InChI is InChI=1S/C13H10ClF3N.C13H11F3N2.ClH/c1-9-5-6-12(14)18(8-9)11-4-2-3-10(7-11)13(15,16)17;1-9-5-6-12(17)18(8-9)11-4-2-3-10(7-11)13(14,15)16;/h2-8H,1H3;2-8,17H,1H3;1H/q+1;;/p-1. The van der Waals surface area contributed by atoms with E-state index in [4.69, 9.17) is 17.0 Å². The second-order valence-electron chi connectivity index (χ2n) is 7.96. The molecule has 0 aliphatic rings. The van der Waals surface area contributed by atoms with Crippen LogP contribution in [0, 0.1) is 19.3 Å². The maximum atomic E-state index is 12.6. The van der Waals surface area contributed by atoms with E-state index in [0.29, 0.717) is 16.5 Å². The molecular formula is C26H21Cl2F6N3. The molecule has 0 saturated carbocycles. The van der Waals surface area contributed by atoms with Crippen LogP contribution in [0.25, 0.3) is 11.4 Å². The predicted molar refractivity (Wildman–Crippen MR) is 124 cm³/mol. The van der Waals surface area contributed by atoms with Crippen molar-refractivity contribution < 1.29 is 43.3 Å². The second kappa shape index (κ2) is 11.8. The van der Waals surface area contributed by atoms with E-state index in [-0.39, 0.29) is 17.9 Å². The molecule has 2 heterocycles. The Morgan fingerprint density at radius 3 is 1.95 bits per heavy atom. The summed E-state index contributed by atoms with van der Waals surface area (Å²) in [5.41, 5.74) is 1.25. The highest BCUT2D eigenvalue weighted by Crippen LogP contribution is 2.30. The Bertz CT molecular complexity index is 1430. The van der Waals surface area contributed by atoms with Crippen LogP contribution in [0.4, 0.5) is 26.3 Å². The first-order chi connectivity index (χ1) is 16.8. The van der Waals surface area contributed by atoms with Crippen molar-refractivity contribution in [1.82, 2.24) is 4.57 Å². The Balaban J connectivity index is 0.000000253. The molecule has 0 amide bonds. The maximum Gasteiger partial charge on any atom is 0.416 e. The van der Waals surface area contributed by atoms with Crippen molar-refractivity contribution in [2.45, 2.75) is 26.2 Å². The first-order valence-corrected chi connectivity index (χ1v) is 10.9. The third kappa shape index (κ3) is 7.84. The largest absolute Gasteiger partial charge is 1.00 e. The molecular weight excluding hydrogens is 539 g/mol. The van der Waals surface area contributed by atoms with E-state index in [9.17, 15) is 26.3 Å². The zero-order valence-electron chi connectivity index (χ0n) is 19.5. The van der Waals surface area contributed by atoms with Gasteiger partial charge in [-0.15, -0.1) is 0 Å². The third-order valence-corrected chi connectivity index (χ3v) is 5.35. The molecule has 37 heavy (non-hydrogen) atoms. The summed E-state index contributed by atoms with van der Waals surface area (Å²) in [5.74, 6) is 0. The average molecular weight is 560 g/mol. The van der Waals surface area contributed by atoms with Crippen LogP contribution >= 0.6 is 11.6 Å². The van der Waals surface area contributed by atoms with Gasteiger partial charge in [0.1, 0.15) is 5.49 Å². The number of aromatic nitrogens is 2. The summed E-state index contributed by atoms with van der Waals surface area (Å²) < 4.78 is 78.6. The summed E-state index contributed by atoms with van der Waals surface area (Å²) in [6.45, 7) is 3.67. The third-order valence-electron chi connectivity index (χ3n) is 5.05. The number of alkyl halides is 6. The minimum Gasteiger partial charge on any atom is -1.00 e. The Morgan fingerprint density at radius 1 is 0.757 bits per heavy atom. The van der Waals surface area contributed by atoms with Gasteiger partial charge in [0.15, 0.2) is 6.20 Å². The number of halogens is 8. The molecule has 11 heteroatoms. The fourth-order valence-electron chi connectivity index (χ4n) is 3.27. The number of pyridine rings is 2. The zero-order valence-corrected chi connectivity index (χ0v) is 21.0. The summed E-state index contributed by atoms with van der Waals surface area (Å²) in [7, 11) is 0. The van der Waals surface area contributed by atoms with Gasteiger partial charge in [-0.05, 0) is 67.4 Å². The fourth-order valence-corrected chi connectivity index (χ4v) is 3.48. The van der Waals surface area contributed by atoms with Crippen LogP contribution in [0.5, 0.6) is 0 Å². The van der Waals surface area contributed by atoms with Gasteiger partial charge >= 0.3 is 12.4 Å². The normalized spacial score (nSPS) is 11.3. The smallest absolute Gasteiger partial charge is 0.416 e. The van der Waals surface area contributed by atoms with E-state index in [1.165, 1.54) is 21.3 Å². The molecule has 0 radical (unpaired) electrons. The van der Waals surface area contributed by atoms with E-state index in [2.05, 4.69) is 0 Å². The summed E-state index contributed by atoms with van der Waals surface area (Å²) in [5, 5.41) is 8.07. The van der Waals surface area contributed by atoms with Crippen molar-refractivity contribution in [3.8, 4) is 11.4 Å². The van der Waals surface area contributed by atoms with Gasteiger partial charge in [-0.3, -0.25) is 5.41 Å². The highest BCUT2D eigenvalue weighted by molar-refractivity contribution is 6.28. The molecule has 0 fully saturated rings. The first kappa shape index (κ1) is 29.9. The predicted octanol–water partition coefficient (Wildman–Crippen LogP) is 4.23. The van der Waals surface area contributed by atoms with Crippen LogP contribution in [0.15, 0.2) is 85.2 Å². The van der Waals surface area contributed by atoms with Gasteiger partial charge in [0.05, 0.1) is 11.1 Å². The van der Waals surface area contributed by atoms with Crippen molar-refractivity contribution in [1.29, 1.82) is 5.41 Å². The molecule has 0 saturated heterocycles. The second-order valence-corrected chi connectivity index (χ2v) is 8.34. The van der Waals surface area contributed by atoms with Gasteiger partial charge in [-0.1, -0.05) is 18.2 Å². The van der Waals surface area contributed by atoms with Gasteiger partial charge in [-0.25, -0.2) is 0 Å². The molecule has 196 valence electrons. The average Bonchev–Trinajstić information content (AvgIpc) is 2.82. The van der Waals surface area contributed by atoms with E-state index < -0.39 is 23.5 Å². The SMILES string of the molecule is Cc1ccc(=N)n(-c2cccc(C(F)(F)F)c2)c1.Cc1ccc(Cl)[n+](-c2cccc(C(F)(F)F)c2)c1.[Cl-]. The Hall–Kier alpha value is -3.30. The van der Waals surface area contributed by atoms with Crippen LogP contribution < -0.4 is 22.5 Å². The van der Waals surface area contributed by atoms with Crippen LogP contribution in [-0.2, 0) is 12.4 Å². The molecule has 4 aromatic rings. The summed E-state index contributed by atoms with van der Waals surface area (Å²) in [6, 6.07) is 16.7. The summed E-state index contributed by atoms with van der Waals surface area (Å²) >= 11 is 5.98. The lowest BCUT2D eigenvalue weighted by Gasteiger charge is -2.11. The number of hydrogen-bond donors (Lipinski definition) is 1. The molecule has 1 N–H and O–H groups in total. The van der Waals surface area contributed by atoms with Gasteiger partial charge in [0.25, 0.3) is 5.15 Å². The number of rotatable bonds is 2. The summed E-state index contributed by atoms with van der Waals surface area (Å²) in [4.78, 5) is 0. The molecule has 3 nitrogen and oxygen atoms in total. The molecule has 0 aliphatic carbocycles. The number of benzene rings is 2. The van der Waals surface area contributed by atoms with Crippen molar-refractivity contribution in [3.63, 3.8) is 0 Å². The van der Waals surface area contributed by atoms with Crippen molar-refractivity contribution in [2.75, 3.05) is 0 Å². The van der Waals surface area contributed by atoms with E-state index in [0.717, 1.165) is 35.4 Å². The Morgan fingerprint density at radius 2 is 1.32 bits per heavy atom. The van der Waals surface area contributed by atoms with Crippen molar-refractivity contribution >= 4 is 11.6 Å². The van der Waals surface area contributed by atoms with Crippen LogP contribution in [-0.4, -0.2) is 4.57 Å². The van der Waals surface area contributed by atoms with Crippen molar-refractivity contribution in [3.05, 3.63) is 118 Å². The molecule has 4 rings (SSSR count). The quantitative estimate of drug-likeness (QED) is 0.217. The summed E-state index contributed by atoms with van der Waals surface area (Å²) in [6.07, 6.45) is -5.40. The Labute approximate surface area is 220 Å². The fraction of sp³-hybridized carbons (Fsp3) is 0.154. The zero-order chi connectivity index (χ0) is 26.7. The molecule has 0 atom stereocenters. The highest BCUT2D eigenvalue weighted by atomic mass is 35.5. The number of hydrogen-bond acceptors (Lipinski definition) is 1. The minimum absolute atomic E-state index is 0. The van der Waals surface area contributed by atoms with E-state index in [1.54, 1.807) is 48.8 Å². The van der Waals surface area contributed by atoms with Crippen LogP contribution in [0.1, 0.15) is 22.3 Å². The van der Waals surface area contributed by atoms with Gasteiger partial charge < -0.3 is 17.0 Å². The molecule has 0 unspecified atom stereocenters. The van der Waals surface area contributed by atoms with Crippen LogP contribution in [0.2, 0.25) is 5.15 Å². The first-order valence-electron chi connectivity index (χ1n) is 10.5. The van der Waals surface area contributed by atoms with E-state index in [1.807, 2.05) is 13.8 Å². The molecule has 0 spiro atoms. The molecule has 2 aromatic heterocycles. The van der Waals surface area contributed by atoms with Gasteiger partial charge in [0.2, 0.25) is 5.69 Å². The lowest BCUT2D eigenvalue weighted by Crippen LogP contribution is -3.00. The van der Waals surface area contributed by atoms with E-state index >= 15 is 0 Å². The lowest BCUT2D eigenvalue weighted by atomic mass is 10.2. The van der Waals surface area contributed by atoms with Gasteiger partial charge in [0, 0.05) is 35.6 Å². The molecule has 0 aliphatic heterocycles. The molecule has 2 aromatic carbocycles. The number of nitrogens with one attached hydrogen (secondary N) is 1. The molecule has 0 bridgehead atoms. The van der Waals surface area contributed by atoms with Gasteiger partial charge in [-0.2, -0.15) is 30.9 Å². The van der Waals surface area contributed by atoms with Crippen molar-refractivity contribution in [2.24, 2.45) is 0 Å². The number of nitrogens with zero attached hydrogens (tertiary/aromatic N) is 2. The van der Waals surface area contributed by atoms with Crippen LogP contribution in [0.3, 0.4) is 0 Å². The topological polar surface area (TPSA) is 32.7 Å². The minimum atomic E-state index is -4.37. The maximum absolute atomic E-state index is 12.6. The lowest BCUT2D eigenvalue weighted by molar-refractivity contribution is -0.593. The Kier molecular flexibility index (Phi) is 9.57. The number of aryl methyl sites for hydroxylation is 2. The monoisotopic (exact) mass is 559 g/mol. The highest BCUT2D eigenvalue weighted by Gasteiger charge is 2.32.